The number of aromatic carboxylic acids is 1. The minimum atomic E-state index is -3.84. The first-order valence-electron chi connectivity index (χ1n) is 5.55. The second-order valence-corrected chi connectivity index (χ2v) is 7.73. The van der Waals surface area contributed by atoms with E-state index in [-0.39, 0.29) is 23.9 Å². The molecule has 0 aliphatic carbocycles. The predicted molar refractivity (Wildman–Crippen MR) is 67.9 cm³/mol. The summed E-state index contributed by atoms with van der Waals surface area (Å²) in [6, 6.07) is 0. The zero-order valence-electron chi connectivity index (χ0n) is 10.5. The van der Waals surface area contributed by atoms with Gasteiger partial charge in [-0.2, -0.15) is 4.31 Å². The molecule has 0 atom stereocenters. The topological polar surface area (TPSA) is 96.8 Å². The number of carboxylic acids is 1. The molecule has 9 heteroatoms. The average molecular weight is 306 g/mol. The summed E-state index contributed by atoms with van der Waals surface area (Å²) in [6.07, 6.45) is 0. The number of aromatic nitrogens is 1. The summed E-state index contributed by atoms with van der Waals surface area (Å²) in [5.41, 5.74) is 0.218. The average Bonchev–Trinajstić information content (AvgIpc) is 2.77. The first-order chi connectivity index (χ1) is 8.74. The molecule has 0 bridgehead atoms. The van der Waals surface area contributed by atoms with Gasteiger partial charge in [0.1, 0.15) is 0 Å². The Hall–Kier alpha value is -1.03. The fourth-order valence-electron chi connectivity index (χ4n) is 1.86. The SMILES string of the molecule is CC1(C)CN(S(=O)(=O)c2scnc2C(=O)O)CCO1. The molecule has 0 unspecified atom stereocenters. The van der Waals surface area contributed by atoms with Crippen LogP contribution in [0.15, 0.2) is 9.72 Å². The van der Waals surface area contributed by atoms with Crippen molar-refractivity contribution in [1.82, 2.24) is 9.29 Å². The van der Waals surface area contributed by atoms with Crippen molar-refractivity contribution in [1.29, 1.82) is 0 Å². The van der Waals surface area contributed by atoms with Crippen molar-refractivity contribution < 1.29 is 23.1 Å². The van der Waals surface area contributed by atoms with E-state index in [0.29, 0.717) is 0 Å². The summed E-state index contributed by atoms with van der Waals surface area (Å²) in [5, 5.41) is 8.96. The van der Waals surface area contributed by atoms with Crippen LogP contribution in [-0.4, -0.2) is 54.1 Å². The van der Waals surface area contributed by atoms with Crippen molar-refractivity contribution in [3.05, 3.63) is 11.2 Å². The largest absolute Gasteiger partial charge is 0.476 e. The molecule has 1 aromatic rings. The first kappa shape index (κ1) is 14.4. The van der Waals surface area contributed by atoms with Gasteiger partial charge < -0.3 is 9.84 Å². The lowest BCUT2D eigenvalue weighted by Gasteiger charge is -2.37. The third kappa shape index (κ3) is 2.78. The standard InChI is InChI=1S/C10H14N2O5S2/c1-10(2)5-12(3-4-17-10)19(15,16)9-7(8(13)14)11-6-18-9/h6H,3-5H2,1-2H3,(H,13,14). The Labute approximate surface area is 114 Å². The fraction of sp³-hybridized carbons (Fsp3) is 0.600. The summed E-state index contributed by atoms with van der Waals surface area (Å²) >= 11 is 0.816. The van der Waals surface area contributed by atoms with Gasteiger partial charge >= 0.3 is 5.97 Å². The quantitative estimate of drug-likeness (QED) is 0.880. The molecule has 0 aromatic carbocycles. The molecule has 7 nitrogen and oxygen atoms in total. The van der Waals surface area contributed by atoms with E-state index in [0.717, 1.165) is 11.3 Å². The van der Waals surface area contributed by atoms with Gasteiger partial charge in [-0.1, -0.05) is 0 Å². The van der Waals surface area contributed by atoms with E-state index in [1.165, 1.54) is 9.82 Å². The molecule has 1 aliphatic rings. The second kappa shape index (κ2) is 4.82. The molecule has 0 amide bonds. The molecule has 0 spiro atoms. The Morgan fingerprint density at radius 1 is 1.58 bits per heavy atom. The summed E-state index contributed by atoms with van der Waals surface area (Å²) in [6.45, 7) is 4.27. The summed E-state index contributed by atoms with van der Waals surface area (Å²) in [7, 11) is -3.84. The van der Waals surface area contributed by atoms with Crippen molar-refractivity contribution in [2.24, 2.45) is 0 Å². The van der Waals surface area contributed by atoms with E-state index in [4.69, 9.17) is 9.84 Å². The Bertz CT molecular complexity index is 593. The van der Waals surface area contributed by atoms with Crippen LogP contribution in [-0.2, 0) is 14.8 Å². The maximum absolute atomic E-state index is 12.4. The van der Waals surface area contributed by atoms with E-state index in [9.17, 15) is 13.2 Å². The maximum Gasteiger partial charge on any atom is 0.356 e. The highest BCUT2D eigenvalue weighted by Crippen LogP contribution is 2.27. The van der Waals surface area contributed by atoms with Gasteiger partial charge in [0, 0.05) is 13.1 Å². The molecule has 0 saturated carbocycles. The van der Waals surface area contributed by atoms with Gasteiger partial charge in [-0.3, -0.25) is 0 Å². The normalized spacial score (nSPS) is 20.3. The van der Waals surface area contributed by atoms with Gasteiger partial charge in [0.05, 0.1) is 17.7 Å². The molecule has 1 N–H and O–H groups in total. The van der Waals surface area contributed by atoms with Gasteiger partial charge in [-0.05, 0) is 13.8 Å². The Morgan fingerprint density at radius 2 is 2.26 bits per heavy atom. The van der Waals surface area contributed by atoms with Crippen molar-refractivity contribution in [3.8, 4) is 0 Å². The number of hydrogen-bond acceptors (Lipinski definition) is 6. The lowest BCUT2D eigenvalue weighted by Crippen LogP contribution is -2.50. The van der Waals surface area contributed by atoms with E-state index < -0.39 is 27.3 Å². The van der Waals surface area contributed by atoms with Gasteiger partial charge in [-0.15, -0.1) is 11.3 Å². The van der Waals surface area contributed by atoms with Crippen LogP contribution in [0.4, 0.5) is 0 Å². The molecular formula is C10H14N2O5S2. The van der Waals surface area contributed by atoms with Crippen molar-refractivity contribution >= 4 is 27.3 Å². The third-order valence-corrected chi connectivity index (χ3v) is 5.89. The van der Waals surface area contributed by atoms with Gasteiger partial charge in [0.25, 0.3) is 10.0 Å². The Kier molecular flexibility index (Phi) is 3.65. The first-order valence-corrected chi connectivity index (χ1v) is 7.87. The highest BCUT2D eigenvalue weighted by Gasteiger charge is 2.37. The van der Waals surface area contributed by atoms with Crippen LogP contribution in [0.3, 0.4) is 0 Å². The van der Waals surface area contributed by atoms with Crippen LogP contribution >= 0.6 is 11.3 Å². The van der Waals surface area contributed by atoms with E-state index in [1.54, 1.807) is 13.8 Å². The van der Waals surface area contributed by atoms with E-state index in [1.807, 2.05) is 0 Å². The molecule has 1 aromatic heterocycles. The lowest BCUT2D eigenvalue weighted by atomic mass is 10.1. The van der Waals surface area contributed by atoms with E-state index in [2.05, 4.69) is 4.98 Å². The van der Waals surface area contributed by atoms with Crippen LogP contribution < -0.4 is 0 Å². The third-order valence-electron chi connectivity index (χ3n) is 2.70. The number of carbonyl (C=O) groups is 1. The number of hydrogen-bond donors (Lipinski definition) is 1. The minimum absolute atomic E-state index is 0.187. The molecule has 0 radical (unpaired) electrons. The molecule has 2 heterocycles. The Balaban J connectivity index is 2.37. The smallest absolute Gasteiger partial charge is 0.356 e. The number of carboxylic acid groups (broad SMARTS) is 1. The number of ether oxygens (including phenoxy) is 1. The molecule has 1 aliphatic heterocycles. The summed E-state index contributed by atoms with van der Waals surface area (Å²) < 4.78 is 31.4. The maximum atomic E-state index is 12.4. The van der Waals surface area contributed by atoms with Crippen LogP contribution in [0.1, 0.15) is 24.3 Å². The molecule has 106 valence electrons. The van der Waals surface area contributed by atoms with E-state index >= 15 is 0 Å². The van der Waals surface area contributed by atoms with Gasteiger partial charge in [0.2, 0.25) is 0 Å². The van der Waals surface area contributed by atoms with Gasteiger partial charge in [0.15, 0.2) is 9.90 Å². The molecule has 1 fully saturated rings. The highest BCUT2D eigenvalue weighted by molar-refractivity contribution is 7.91. The van der Waals surface area contributed by atoms with Crippen molar-refractivity contribution in [3.63, 3.8) is 0 Å². The zero-order chi connectivity index (χ0) is 14.3. The minimum Gasteiger partial charge on any atom is -0.476 e. The molecule has 19 heavy (non-hydrogen) atoms. The van der Waals surface area contributed by atoms with Crippen LogP contribution in [0.25, 0.3) is 0 Å². The van der Waals surface area contributed by atoms with Crippen LogP contribution in [0, 0.1) is 0 Å². The molecule has 1 saturated heterocycles. The lowest BCUT2D eigenvalue weighted by molar-refractivity contribution is -0.0640. The number of morpholine rings is 1. The fourth-order valence-corrected chi connectivity index (χ4v) is 4.71. The van der Waals surface area contributed by atoms with Crippen LogP contribution in [0.2, 0.25) is 0 Å². The molecular weight excluding hydrogens is 292 g/mol. The van der Waals surface area contributed by atoms with Crippen LogP contribution in [0.5, 0.6) is 0 Å². The van der Waals surface area contributed by atoms with Crippen molar-refractivity contribution in [2.45, 2.75) is 23.7 Å². The van der Waals surface area contributed by atoms with Gasteiger partial charge in [-0.25, -0.2) is 18.2 Å². The second-order valence-electron chi connectivity index (χ2n) is 4.74. The zero-order valence-corrected chi connectivity index (χ0v) is 12.1. The Morgan fingerprint density at radius 3 is 2.84 bits per heavy atom. The summed E-state index contributed by atoms with van der Waals surface area (Å²) in [5.74, 6) is -1.34. The number of sulfonamides is 1. The number of thiazole rings is 1. The number of rotatable bonds is 3. The predicted octanol–water partition coefficient (Wildman–Crippen LogP) is 0.641. The monoisotopic (exact) mass is 306 g/mol. The van der Waals surface area contributed by atoms with Crippen molar-refractivity contribution in [2.75, 3.05) is 19.7 Å². The molecule has 2 rings (SSSR count). The summed E-state index contributed by atoms with van der Waals surface area (Å²) in [4.78, 5) is 14.6. The number of nitrogens with zero attached hydrogens (tertiary/aromatic N) is 2. The highest BCUT2D eigenvalue weighted by atomic mass is 32.2.